The van der Waals surface area contributed by atoms with Crippen LogP contribution in [-0.4, -0.2) is 42.0 Å². The summed E-state index contributed by atoms with van der Waals surface area (Å²) in [4.78, 5) is 12.8. The van der Waals surface area contributed by atoms with E-state index in [2.05, 4.69) is 56.7 Å². The minimum Gasteiger partial charge on any atom is -0.383 e. The van der Waals surface area contributed by atoms with Gasteiger partial charge in [0.2, 0.25) is 0 Å². The van der Waals surface area contributed by atoms with Crippen LogP contribution in [0, 0.1) is 5.92 Å². The van der Waals surface area contributed by atoms with Gasteiger partial charge in [0.15, 0.2) is 0 Å². The molecule has 1 unspecified atom stereocenters. The van der Waals surface area contributed by atoms with E-state index in [4.69, 9.17) is 22.3 Å². The maximum Gasteiger partial charge on any atom is 0.134 e. The summed E-state index contributed by atoms with van der Waals surface area (Å²) in [6, 6.07) is 0.223. The average molecular weight is 439 g/mol. The minimum atomic E-state index is 0.223. The Bertz CT molecular complexity index is 635. The predicted molar refractivity (Wildman–Crippen MR) is 133 cm³/mol. The molecule has 0 aromatic rings. The Morgan fingerprint density at radius 1 is 1.28 bits per heavy atom. The lowest BCUT2D eigenvalue weighted by molar-refractivity contribution is 0.436. The van der Waals surface area contributed by atoms with Crippen LogP contribution in [0.3, 0.4) is 0 Å². The fraction of sp³-hybridized carbons (Fsp3) is 0.652. The van der Waals surface area contributed by atoms with E-state index in [-0.39, 0.29) is 6.04 Å². The summed E-state index contributed by atoms with van der Waals surface area (Å²) in [5.74, 6) is 2.15. The van der Waals surface area contributed by atoms with Crippen molar-refractivity contribution < 1.29 is 0 Å². The van der Waals surface area contributed by atoms with Gasteiger partial charge < -0.3 is 10.6 Å². The molecule has 0 aromatic heterocycles. The lowest BCUT2D eigenvalue weighted by Gasteiger charge is -2.17. The molecule has 0 radical (unpaired) electrons. The quantitative estimate of drug-likeness (QED) is 0.158. The number of thioether (sulfide) groups is 1. The molecule has 1 heterocycles. The van der Waals surface area contributed by atoms with E-state index in [1.165, 1.54) is 0 Å². The fourth-order valence-corrected chi connectivity index (χ4v) is 3.88. The third-order valence-corrected chi connectivity index (χ3v) is 6.34. The highest BCUT2D eigenvalue weighted by Crippen LogP contribution is 2.32. The number of amidine groups is 1. The van der Waals surface area contributed by atoms with Crippen LogP contribution in [0.4, 0.5) is 0 Å². The monoisotopic (exact) mass is 438 g/mol. The molecule has 1 rings (SSSR count). The predicted octanol–water partition coefficient (Wildman–Crippen LogP) is 6.35. The van der Waals surface area contributed by atoms with Crippen molar-refractivity contribution in [1.29, 1.82) is 0 Å². The molecular weight excluding hydrogens is 400 g/mol. The maximum atomic E-state index is 6.28. The Morgan fingerprint density at radius 3 is 2.69 bits per heavy atom. The Labute approximate surface area is 187 Å². The first kappa shape index (κ1) is 25.8. The summed E-state index contributed by atoms with van der Waals surface area (Å²) in [6.45, 7) is 12.7. The number of hydrogen-bond donors (Lipinski definition) is 1. The third kappa shape index (κ3) is 10.4. The van der Waals surface area contributed by atoms with E-state index in [1.54, 1.807) is 11.8 Å². The number of nitrogens with two attached hydrogens (primary N) is 1. The third-order valence-electron chi connectivity index (χ3n) is 4.92. The summed E-state index contributed by atoms with van der Waals surface area (Å²) >= 11 is 7.93. The molecule has 0 amide bonds. The number of halogens is 1. The molecule has 0 spiro atoms. The van der Waals surface area contributed by atoms with Crippen LogP contribution in [0.15, 0.2) is 43.8 Å². The number of unbranched alkanes of at least 4 members (excludes halogenated alkanes) is 2. The molecular formula is C23H39ClN4S. The van der Waals surface area contributed by atoms with Crippen molar-refractivity contribution in [1.82, 2.24) is 4.90 Å². The summed E-state index contributed by atoms with van der Waals surface area (Å²) < 4.78 is 0. The van der Waals surface area contributed by atoms with Crippen molar-refractivity contribution >= 4 is 35.5 Å². The van der Waals surface area contributed by atoms with Gasteiger partial charge >= 0.3 is 0 Å². The first-order valence-electron chi connectivity index (χ1n) is 10.9. The van der Waals surface area contributed by atoms with Crippen LogP contribution in [0.5, 0.6) is 0 Å². The molecule has 0 fully saturated rings. The molecule has 0 bridgehead atoms. The van der Waals surface area contributed by atoms with Gasteiger partial charge in [0.25, 0.3) is 0 Å². The van der Waals surface area contributed by atoms with Crippen molar-refractivity contribution in [3.8, 4) is 0 Å². The molecule has 164 valence electrons. The Hall–Kier alpha value is -1.20. The van der Waals surface area contributed by atoms with Crippen molar-refractivity contribution in [2.24, 2.45) is 21.6 Å². The number of allylic oxidation sites excluding steroid dienone is 5. The molecule has 2 N–H and O–H groups in total. The van der Waals surface area contributed by atoms with Gasteiger partial charge in [0.1, 0.15) is 5.84 Å². The molecule has 0 saturated carbocycles. The van der Waals surface area contributed by atoms with Gasteiger partial charge in [-0.15, -0.1) is 11.8 Å². The van der Waals surface area contributed by atoms with Crippen molar-refractivity contribution in [3.05, 3.63) is 33.9 Å². The zero-order chi connectivity index (χ0) is 21.6. The Kier molecular flexibility index (Phi) is 13.1. The average Bonchev–Trinajstić information content (AvgIpc) is 3.17. The zero-order valence-corrected chi connectivity index (χ0v) is 20.4. The summed E-state index contributed by atoms with van der Waals surface area (Å²) in [6.07, 6.45) is 13.4. The fourth-order valence-electron chi connectivity index (χ4n) is 2.67. The lowest BCUT2D eigenvalue weighted by atomic mass is 10.1. The standard InChI is InChI=1S/C23H39ClN4S/c1-6-8-12-20(24)13-10-9-11-15-28(7-2)17-26-21-14-16-29-22(21)23(25)27-19(5)18(3)4/h8,12-13,17-19H,6-7,9-11,14-16H2,1-5H3,(H2,25,27)/b12-8-,20-13+,26-17?. The topological polar surface area (TPSA) is 54.0 Å². The second-order valence-corrected chi connectivity index (χ2v) is 9.18. The van der Waals surface area contributed by atoms with Gasteiger partial charge in [-0.1, -0.05) is 44.5 Å². The van der Waals surface area contributed by atoms with Crippen LogP contribution in [0.1, 0.15) is 66.7 Å². The highest BCUT2D eigenvalue weighted by molar-refractivity contribution is 8.04. The Balaban J connectivity index is 2.58. The molecule has 1 aliphatic rings. The second kappa shape index (κ2) is 14.7. The van der Waals surface area contributed by atoms with Crippen LogP contribution in [0.25, 0.3) is 0 Å². The lowest BCUT2D eigenvalue weighted by Crippen LogP contribution is -2.23. The molecule has 6 heteroatoms. The highest BCUT2D eigenvalue weighted by Gasteiger charge is 2.19. The van der Waals surface area contributed by atoms with Gasteiger partial charge in [-0.25, -0.2) is 4.99 Å². The van der Waals surface area contributed by atoms with Crippen molar-refractivity contribution in [2.75, 3.05) is 18.8 Å². The van der Waals surface area contributed by atoms with E-state index in [1.807, 2.05) is 12.4 Å². The van der Waals surface area contributed by atoms with Gasteiger partial charge in [-0.3, -0.25) is 4.99 Å². The van der Waals surface area contributed by atoms with Gasteiger partial charge in [0, 0.05) is 30.3 Å². The number of aliphatic imine (C=N–C) groups is 2. The summed E-state index contributed by atoms with van der Waals surface area (Å²) in [5.41, 5.74) is 7.35. The normalized spacial score (nSPS) is 17.3. The van der Waals surface area contributed by atoms with E-state index in [9.17, 15) is 0 Å². The van der Waals surface area contributed by atoms with Crippen LogP contribution < -0.4 is 5.73 Å². The molecule has 0 saturated heterocycles. The highest BCUT2D eigenvalue weighted by atomic mass is 35.5. The van der Waals surface area contributed by atoms with Gasteiger partial charge in [-0.05, 0) is 51.5 Å². The van der Waals surface area contributed by atoms with Gasteiger partial charge in [0.05, 0.1) is 23.0 Å². The van der Waals surface area contributed by atoms with Crippen molar-refractivity contribution in [2.45, 2.75) is 72.8 Å². The van der Waals surface area contributed by atoms with Crippen molar-refractivity contribution in [3.63, 3.8) is 0 Å². The van der Waals surface area contributed by atoms with Crippen LogP contribution in [0.2, 0.25) is 0 Å². The molecule has 1 aliphatic heterocycles. The number of rotatable bonds is 13. The van der Waals surface area contributed by atoms with E-state index in [0.29, 0.717) is 11.8 Å². The van der Waals surface area contributed by atoms with Crippen LogP contribution >= 0.6 is 23.4 Å². The van der Waals surface area contributed by atoms with E-state index >= 15 is 0 Å². The second-order valence-electron chi connectivity index (χ2n) is 7.64. The zero-order valence-electron chi connectivity index (χ0n) is 18.8. The molecule has 29 heavy (non-hydrogen) atoms. The summed E-state index contributed by atoms with van der Waals surface area (Å²) in [7, 11) is 0. The largest absolute Gasteiger partial charge is 0.383 e. The molecule has 0 aromatic carbocycles. The smallest absolute Gasteiger partial charge is 0.134 e. The molecule has 4 nitrogen and oxygen atoms in total. The maximum absolute atomic E-state index is 6.28. The minimum absolute atomic E-state index is 0.223. The molecule has 0 aliphatic carbocycles. The van der Waals surface area contributed by atoms with Crippen LogP contribution in [-0.2, 0) is 0 Å². The number of hydrogen-bond acceptors (Lipinski definition) is 3. The summed E-state index contributed by atoms with van der Waals surface area (Å²) in [5, 5.41) is 0.838. The first-order chi connectivity index (χ1) is 13.9. The van der Waals surface area contributed by atoms with E-state index in [0.717, 1.165) is 66.6 Å². The number of nitrogens with zero attached hydrogens (tertiary/aromatic N) is 3. The Morgan fingerprint density at radius 2 is 2.03 bits per heavy atom. The van der Waals surface area contributed by atoms with Gasteiger partial charge in [-0.2, -0.15) is 0 Å². The first-order valence-corrected chi connectivity index (χ1v) is 12.2. The molecule has 1 atom stereocenters. The SMILES string of the molecule is CC/C=C\C(Cl)=C/CCCCN(C=NC1=C(C(N)=NC(C)C(C)C)SCC1)CC. The van der Waals surface area contributed by atoms with E-state index < -0.39 is 0 Å².